The summed E-state index contributed by atoms with van der Waals surface area (Å²) < 4.78 is 34.0. The number of anilines is 2. The van der Waals surface area contributed by atoms with Crippen LogP contribution in [0.15, 0.2) is 42.5 Å². The molecule has 0 spiro atoms. The summed E-state index contributed by atoms with van der Waals surface area (Å²) in [5.41, 5.74) is 9.26. The molecule has 0 amide bonds. The minimum Gasteiger partial charge on any atom is -0.398 e. The lowest BCUT2D eigenvalue weighted by atomic mass is 10.0. The first kappa shape index (κ1) is 19.1. The fourth-order valence-corrected chi connectivity index (χ4v) is 3.72. The van der Waals surface area contributed by atoms with Crippen molar-refractivity contribution < 1.29 is 13.0 Å². The third kappa shape index (κ3) is 4.56. The minimum atomic E-state index is -4.31. The maximum absolute atomic E-state index is 11.3. The van der Waals surface area contributed by atoms with Crippen molar-refractivity contribution in [2.24, 2.45) is 0 Å². The topological polar surface area (TPSA) is 123 Å². The van der Waals surface area contributed by atoms with Crippen LogP contribution in [0.1, 0.15) is 5.56 Å². The van der Waals surface area contributed by atoms with Gasteiger partial charge in [-0.1, -0.05) is 18.2 Å². The zero-order chi connectivity index (χ0) is 19.6. The fourth-order valence-electron chi connectivity index (χ4n) is 3.18. The van der Waals surface area contributed by atoms with Gasteiger partial charge < -0.3 is 15.5 Å². The van der Waals surface area contributed by atoms with Gasteiger partial charge in [0.05, 0.1) is 5.56 Å². The zero-order valence-electron chi connectivity index (χ0n) is 14.8. The maximum atomic E-state index is 11.3. The van der Waals surface area contributed by atoms with Crippen LogP contribution < -0.4 is 15.4 Å². The first-order chi connectivity index (χ1) is 12.8. The zero-order valence-corrected chi connectivity index (χ0v) is 15.6. The summed E-state index contributed by atoms with van der Waals surface area (Å²) in [7, 11) is -2.42. The van der Waals surface area contributed by atoms with E-state index in [2.05, 4.69) is 10.8 Å². The molecule has 1 heterocycles. The Bertz CT molecular complexity index is 969. The highest BCUT2D eigenvalue weighted by Crippen LogP contribution is 2.27. The Balaban J connectivity index is 1.86. The fraction of sp³-hybridized carbons (Fsp3) is 0.278. The van der Waals surface area contributed by atoms with Gasteiger partial charge in [0.2, 0.25) is 0 Å². The van der Waals surface area contributed by atoms with E-state index in [4.69, 9.17) is 15.5 Å². The van der Waals surface area contributed by atoms with Crippen molar-refractivity contribution in [1.29, 1.82) is 5.26 Å². The summed E-state index contributed by atoms with van der Waals surface area (Å²) in [4.78, 5) is 3.90. The number of nitrogens with two attached hydrogens (primary N) is 1. The number of rotatable bonds is 4. The highest BCUT2D eigenvalue weighted by Gasteiger charge is 2.28. The monoisotopic (exact) mass is 387 g/mol. The van der Waals surface area contributed by atoms with Crippen molar-refractivity contribution in [1.82, 2.24) is 9.62 Å². The van der Waals surface area contributed by atoms with E-state index in [0.29, 0.717) is 24.3 Å². The van der Waals surface area contributed by atoms with Gasteiger partial charge in [0.25, 0.3) is 0 Å². The van der Waals surface area contributed by atoms with Crippen molar-refractivity contribution >= 4 is 21.7 Å². The highest BCUT2D eigenvalue weighted by atomic mass is 32.2. The summed E-state index contributed by atoms with van der Waals surface area (Å²) in [5, 5.41) is 9.13. The van der Waals surface area contributed by atoms with E-state index in [9.17, 15) is 8.42 Å². The van der Waals surface area contributed by atoms with Gasteiger partial charge >= 0.3 is 10.3 Å². The van der Waals surface area contributed by atoms with E-state index in [-0.39, 0.29) is 0 Å². The molecule has 1 fully saturated rings. The highest BCUT2D eigenvalue weighted by molar-refractivity contribution is 7.83. The van der Waals surface area contributed by atoms with Crippen molar-refractivity contribution in [2.75, 3.05) is 37.3 Å². The second-order valence-corrected chi connectivity index (χ2v) is 7.71. The molecule has 27 heavy (non-hydrogen) atoms. The van der Waals surface area contributed by atoms with Gasteiger partial charge in [0.15, 0.2) is 0 Å². The predicted octanol–water partition coefficient (Wildman–Crippen LogP) is 1.28. The number of benzene rings is 2. The van der Waals surface area contributed by atoms with E-state index in [1.807, 2.05) is 47.2 Å². The van der Waals surface area contributed by atoms with E-state index < -0.39 is 16.5 Å². The second-order valence-electron chi connectivity index (χ2n) is 6.53. The molecule has 0 aliphatic carbocycles. The van der Waals surface area contributed by atoms with Gasteiger partial charge in [0, 0.05) is 31.0 Å². The number of hydrogen-bond donors (Lipinski definition) is 3. The molecular weight excluding hydrogens is 366 g/mol. The number of nitrogens with zero attached hydrogens (tertiary/aromatic N) is 3. The lowest BCUT2D eigenvalue weighted by Gasteiger charge is -2.41. The van der Waals surface area contributed by atoms with Crippen LogP contribution in [-0.2, 0) is 10.3 Å². The van der Waals surface area contributed by atoms with Crippen molar-refractivity contribution in [3.05, 3.63) is 48.0 Å². The predicted molar refractivity (Wildman–Crippen MR) is 104 cm³/mol. The molecule has 1 saturated heterocycles. The van der Waals surface area contributed by atoms with Gasteiger partial charge in [-0.3, -0.25) is 4.55 Å². The Hall–Kier alpha value is -2.64. The summed E-state index contributed by atoms with van der Waals surface area (Å²) in [6.07, 6.45) is -0.564. The normalized spacial score (nSPS) is 18.3. The molecule has 0 bridgehead atoms. The number of nitrogen functional groups attached to an aromatic ring is 1. The standard InChI is InChI=1S/C18H21N5O3S/c1-22-8-9-23(18(12-22)21-27(24,25)26)16-5-2-13(3-6-16)14-4-7-17(20)15(10-14)11-19/h2-7,10,18,21H,8-9,12,20H2,1H3,(H,24,25,26). The smallest absolute Gasteiger partial charge is 0.335 e. The Morgan fingerprint density at radius 3 is 2.48 bits per heavy atom. The molecule has 1 aliphatic rings. The van der Waals surface area contributed by atoms with E-state index in [1.54, 1.807) is 12.1 Å². The van der Waals surface area contributed by atoms with Crippen LogP contribution in [0.2, 0.25) is 0 Å². The number of likely N-dealkylation sites (N-methyl/N-ethyl adjacent to an activating group) is 1. The molecule has 3 rings (SSSR count). The molecule has 1 unspecified atom stereocenters. The first-order valence-corrected chi connectivity index (χ1v) is 9.81. The Kier molecular flexibility index (Phi) is 5.34. The Morgan fingerprint density at radius 2 is 1.85 bits per heavy atom. The van der Waals surface area contributed by atoms with Crippen molar-refractivity contribution in [3.63, 3.8) is 0 Å². The first-order valence-electron chi connectivity index (χ1n) is 8.37. The quantitative estimate of drug-likeness (QED) is 0.533. The molecule has 4 N–H and O–H groups in total. The summed E-state index contributed by atoms with van der Waals surface area (Å²) in [6, 6.07) is 15.0. The number of nitrogens with one attached hydrogen (secondary N) is 1. The lowest BCUT2D eigenvalue weighted by Crippen LogP contribution is -2.59. The van der Waals surface area contributed by atoms with Crippen LogP contribution in [-0.4, -0.2) is 50.7 Å². The molecule has 1 atom stereocenters. The third-order valence-corrected chi connectivity index (χ3v) is 5.14. The summed E-state index contributed by atoms with van der Waals surface area (Å²) >= 11 is 0. The van der Waals surface area contributed by atoms with Crippen LogP contribution in [0.4, 0.5) is 11.4 Å². The van der Waals surface area contributed by atoms with Gasteiger partial charge in [-0.25, -0.2) is 0 Å². The molecule has 9 heteroatoms. The van der Waals surface area contributed by atoms with Gasteiger partial charge in [-0.05, 0) is 42.4 Å². The molecule has 1 aliphatic heterocycles. The van der Waals surface area contributed by atoms with Gasteiger partial charge in [-0.2, -0.15) is 18.4 Å². The average molecular weight is 387 g/mol. The van der Waals surface area contributed by atoms with Crippen LogP contribution in [0.25, 0.3) is 11.1 Å². The molecule has 0 saturated carbocycles. The molecule has 0 radical (unpaired) electrons. The summed E-state index contributed by atoms with van der Waals surface area (Å²) in [6.45, 7) is 1.84. The molecule has 0 aromatic heterocycles. The van der Waals surface area contributed by atoms with Crippen LogP contribution >= 0.6 is 0 Å². The average Bonchev–Trinajstić information content (AvgIpc) is 2.61. The Labute approximate surface area is 158 Å². The third-order valence-electron chi connectivity index (χ3n) is 4.57. The number of piperazine rings is 1. The SMILES string of the molecule is CN1CCN(c2ccc(-c3ccc(N)c(C#N)c3)cc2)C(NS(=O)(=O)O)C1. The molecule has 2 aromatic rings. The largest absolute Gasteiger partial charge is 0.398 e. The van der Waals surface area contributed by atoms with Crippen LogP contribution in [0.5, 0.6) is 0 Å². The van der Waals surface area contributed by atoms with Crippen LogP contribution in [0.3, 0.4) is 0 Å². The van der Waals surface area contributed by atoms with E-state index in [1.165, 1.54) is 0 Å². The molecule has 142 valence electrons. The van der Waals surface area contributed by atoms with Crippen LogP contribution in [0, 0.1) is 11.3 Å². The van der Waals surface area contributed by atoms with E-state index in [0.717, 1.165) is 23.4 Å². The van der Waals surface area contributed by atoms with Crippen molar-refractivity contribution in [2.45, 2.75) is 6.17 Å². The molecule has 8 nitrogen and oxygen atoms in total. The second kappa shape index (κ2) is 7.54. The molecular formula is C18H21N5O3S. The lowest BCUT2D eigenvalue weighted by molar-refractivity contribution is 0.257. The maximum Gasteiger partial charge on any atom is 0.335 e. The summed E-state index contributed by atoms with van der Waals surface area (Å²) in [5.74, 6) is 0. The van der Waals surface area contributed by atoms with Gasteiger partial charge in [0.1, 0.15) is 12.2 Å². The van der Waals surface area contributed by atoms with Crippen molar-refractivity contribution in [3.8, 4) is 17.2 Å². The Morgan fingerprint density at radius 1 is 1.19 bits per heavy atom. The minimum absolute atomic E-state index is 0.424. The van der Waals surface area contributed by atoms with E-state index >= 15 is 0 Å². The van der Waals surface area contributed by atoms with Gasteiger partial charge in [-0.15, -0.1) is 0 Å². The molecule has 2 aromatic carbocycles. The number of hydrogen-bond acceptors (Lipinski definition) is 6. The number of nitriles is 1.